The monoisotopic (exact) mass is 314 g/mol. The van der Waals surface area contributed by atoms with Gasteiger partial charge in [-0.25, -0.2) is 4.79 Å². The van der Waals surface area contributed by atoms with Gasteiger partial charge in [-0.15, -0.1) is 0 Å². The zero-order valence-electron chi connectivity index (χ0n) is 10.1. The van der Waals surface area contributed by atoms with Crippen molar-refractivity contribution >= 4 is 28.2 Å². The van der Waals surface area contributed by atoms with Gasteiger partial charge in [-0.05, 0) is 24.6 Å². The Kier molecular flexibility index (Phi) is 6.43. The first-order valence-corrected chi connectivity index (χ1v) is 6.49. The summed E-state index contributed by atoms with van der Waals surface area (Å²) in [5.74, 6) is 0.0618. The van der Waals surface area contributed by atoms with Gasteiger partial charge in [0.1, 0.15) is 5.75 Å². The molecule has 98 valence electrons. The molecule has 0 amide bonds. The molecule has 0 bridgehead atoms. The molecule has 5 heteroatoms. The second-order valence-electron chi connectivity index (χ2n) is 3.66. The summed E-state index contributed by atoms with van der Waals surface area (Å²) in [4.78, 5) is 22.0. The van der Waals surface area contributed by atoms with Crippen molar-refractivity contribution in [2.45, 2.75) is 19.8 Å². The fourth-order valence-corrected chi connectivity index (χ4v) is 1.56. The van der Waals surface area contributed by atoms with Gasteiger partial charge in [0, 0.05) is 10.0 Å². The van der Waals surface area contributed by atoms with E-state index in [1.807, 2.05) is 6.92 Å². The first-order chi connectivity index (χ1) is 8.67. The number of carbonyl (C=O) groups is 2. The number of carbonyl (C=O) groups excluding carboxylic acids is 2. The van der Waals surface area contributed by atoms with Crippen molar-refractivity contribution in [3.63, 3.8) is 0 Å². The lowest BCUT2D eigenvalue weighted by Crippen LogP contribution is -2.15. The Hall–Kier alpha value is -1.36. The molecule has 0 saturated carbocycles. The second kappa shape index (κ2) is 7.87. The van der Waals surface area contributed by atoms with Crippen LogP contribution in [0, 0.1) is 0 Å². The molecule has 0 radical (unpaired) electrons. The Labute approximate surface area is 114 Å². The number of esters is 1. The van der Waals surface area contributed by atoms with E-state index in [1.54, 1.807) is 18.2 Å². The van der Waals surface area contributed by atoms with E-state index in [-0.39, 0.29) is 6.61 Å². The Morgan fingerprint density at radius 3 is 2.89 bits per heavy atom. The molecule has 0 aromatic heterocycles. The number of hydrogen-bond donors (Lipinski definition) is 0. The van der Waals surface area contributed by atoms with E-state index in [0.717, 1.165) is 19.1 Å². The van der Waals surface area contributed by atoms with Gasteiger partial charge in [0.05, 0.1) is 6.61 Å². The van der Waals surface area contributed by atoms with Crippen molar-refractivity contribution in [1.29, 1.82) is 0 Å². The van der Waals surface area contributed by atoms with Crippen LogP contribution in [0.25, 0.3) is 0 Å². The molecule has 0 aliphatic carbocycles. The molecule has 1 aromatic rings. The summed E-state index contributed by atoms with van der Waals surface area (Å²) in [5, 5.41) is 0. The number of hydrogen-bond acceptors (Lipinski definition) is 4. The number of ether oxygens (including phenoxy) is 2. The van der Waals surface area contributed by atoms with Crippen molar-refractivity contribution in [2.24, 2.45) is 0 Å². The van der Waals surface area contributed by atoms with Crippen LogP contribution in [0.5, 0.6) is 5.75 Å². The molecule has 0 aliphatic heterocycles. The van der Waals surface area contributed by atoms with Crippen LogP contribution < -0.4 is 4.74 Å². The zero-order chi connectivity index (χ0) is 13.4. The van der Waals surface area contributed by atoms with Crippen LogP contribution in [0.3, 0.4) is 0 Å². The highest BCUT2D eigenvalue weighted by atomic mass is 79.9. The molecule has 0 N–H and O–H groups in total. The van der Waals surface area contributed by atoms with E-state index >= 15 is 0 Å². The second-order valence-corrected chi connectivity index (χ2v) is 4.52. The predicted octanol–water partition coefficient (Wildman–Crippen LogP) is 2.98. The maximum atomic E-state index is 11.3. The normalized spacial score (nSPS) is 9.89. The number of benzene rings is 1. The quantitative estimate of drug-likeness (QED) is 0.441. The minimum absolute atomic E-state index is 0.149. The molecule has 0 atom stereocenters. The van der Waals surface area contributed by atoms with E-state index in [2.05, 4.69) is 15.9 Å². The molecule has 0 aliphatic rings. The largest absolute Gasteiger partial charge is 0.482 e. The molecule has 1 aromatic carbocycles. The molecule has 0 saturated heterocycles. The maximum absolute atomic E-state index is 11.3. The van der Waals surface area contributed by atoms with Gasteiger partial charge in [-0.1, -0.05) is 29.3 Å². The summed E-state index contributed by atoms with van der Waals surface area (Å²) in [6.07, 6.45) is 2.54. The topological polar surface area (TPSA) is 52.6 Å². The molecule has 18 heavy (non-hydrogen) atoms. The summed E-state index contributed by atoms with van der Waals surface area (Å²) < 4.78 is 10.9. The van der Waals surface area contributed by atoms with Crippen LogP contribution in [0.1, 0.15) is 30.1 Å². The first-order valence-electron chi connectivity index (χ1n) is 5.70. The fourth-order valence-electron chi connectivity index (χ4n) is 1.22. The molecule has 0 fully saturated rings. The van der Waals surface area contributed by atoms with Gasteiger partial charge >= 0.3 is 5.97 Å². The lowest BCUT2D eigenvalue weighted by Gasteiger charge is -2.07. The lowest BCUT2D eigenvalue weighted by molar-refractivity contribution is -0.146. The van der Waals surface area contributed by atoms with Gasteiger partial charge < -0.3 is 9.47 Å². The van der Waals surface area contributed by atoms with Crippen LogP contribution in [0.15, 0.2) is 22.7 Å². The number of halogens is 1. The standard InChI is InChI=1S/C13H15BrO4/c1-2-3-6-17-13(16)9-18-11-4-5-12(14)10(7-11)8-15/h4-5,7-8H,2-3,6,9H2,1H3. The highest BCUT2D eigenvalue weighted by molar-refractivity contribution is 9.10. The molecular formula is C13H15BrO4. The van der Waals surface area contributed by atoms with E-state index in [0.29, 0.717) is 22.4 Å². The average Bonchev–Trinajstić information content (AvgIpc) is 2.38. The van der Waals surface area contributed by atoms with E-state index in [9.17, 15) is 9.59 Å². The molecule has 0 heterocycles. The zero-order valence-corrected chi connectivity index (χ0v) is 11.7. The predicted molar refractivity (Wildman–Crippen MR) is 70.9 cm³/mol. The maximum Gasteiger partial charge on any atom is 0.344 e. The van der Waals surface area contributed by atoms with Crippen LogP contribution in [-0.2, 0) is 9.53 Å². The highest BCUT2D eigenvalue weighted by Crippen LogP contribution is 2.21. The van der Waals surface area contributed by atoms with Crippen molar-refractivity contribution in [3.8, 4) is 5.75 Å². The number of rotatable bonds is 7. The average molecular weight is 315 g/mol. The van der Waals surface area contributed by atoms with Crippen molar-refractivity contribution in [1.82, 2.24) is 0 Å². The third-order valence-corrected chi connectivity index (χ3v) is 2.93. The van der Waals surface area contributed by atoms with Crippen LogP contribution >= 0.6 is 15.9 Å². The summed E-state index contributed by atoms with van der Waals surface area (Å²) in [5.41, 5.74) is 0.479. The van der Waals surface area contributed by atoms with Crippen LogP contribution in [0.4, 0.5) is 0 Å². The van der Waals surface area contributed by atoms with Gasteiger partial charge in [0.15, 0.2) is 12.9 Å². The SMILES string of the molecule is CCCCOC(=O)COc1ccc(Br)c(C=O)c1. The molecular weight excluding hydrogens is 300 g/mol. The number of unbranched alkanes of at least 4 members (excludes halogenated alkanes) is 1. The molecule has 0 spiro atoms. The molecule has 0 unspecified atom stereocenters. The van der Waals surface area contributed by atoms with Gasteiger partial charge in [0.25, 0.3) is 0 Å². The molecule has 1 rings (SSSR count). The minimum atomic E-state index is -0.404. The van der Waals surface area contributed by atoms with Gasteiger partial charge in [0.2, 0.25) is 0 Å². The summed E-state index contributed by atoms with van der Waals surface area (Å²) in [7, 11) is 0. The Bertz CT molecular complexity index is 417. The van der Waals surface area contributed by atoms with Crippen molar-refractivity contribution in [2.75, 3.05) is 13.2 Å². The van der Waals surface area contributed by atoms with E-state index in [1.165, 1.54) is 0 Å². The third-order valence-electron chi connectivity index (χ3n) is 2.21. The first kappa shape index (κ1) is 14.7. The van der Waals surface area contributed by atoms with E-state index in [4.69, 9.17) is 9.47 Å². The minimum Gasteiger partial charge on any atom is -0.482 e. The van der Waals surface area contributed by atoms with Crippen LogP contribution in [0.2, 0.25) is 0 Å². The highest BCUT2D eigenvalue weighted by Gasteiger charge is 2.06. The van der Waals surface area contributed by atoms with Gasteiger partial charge in [-0.2, -0.15) is 0 Å². The summed E-state index contributed by atoms with van der Waals surface area (Å²) >= 11 is 3.23. The molecule has 4 nitrogen and oxygen atoms in total. The Morgan fingerprint density at radius 1 is 1.44 bits per heavy atom. The lowest BCUT2D eigenvalue weighted by atomic mass is 10.2. The summed E-state index contributed by atoms with van der Waals surface area (Å²) in [6.45, 7) is 2.29. The van der Waals surface area contributed by atoms with Gasteiger partial charge in [-0.3, -0.25) is 4.79 Å². The summed E-state index contributed by atoms with van der Waals surface area (Å²) in [6, 6.07) is 4.94. The number of aldehydes is 1. The fraction of sp³-hybridized carbons (Fsp3) is 0.385. The Morgan fingerprint density at radius 2 is 2.22 bits per heavy atom. The van der Waals surface area contributed by atoms with Crippen molar-refractivity contribution in [3.05, 3.63) is 28.2 Å². The third kappa shape index (κ3) is 4.87. The van der Waals surface area contributed by atoms with Crippen LogP contribution in [-0.4, -0.2) is 25.5 Å². The smallest absolute Gasteiger partial charge is 0.344 e. The Balaban J connectivity index is 2.43. The van der Waals surface area contributed by atoms with Crippen molar-refractivity contribution < 1.29 is 19.1 Å². The van der Waals surface area contributed by atoms with E-state index < -0.39 is 5.97 Å².